The normalized spacial score (nSPS) is 15.3. The van der Waals surface area contributed by atoms with E-state index >= 15 is 0 Å². The standard InChI is InChI=1S/C12H15N3/c13-15-8-5-6-12-10(7-8)9-3-1-2-4-11(9)14-12/h5-7,14-15H,1-4,13H2. The van der Waals surface area contributed by atoms with E-state index in [0.717, 1.165) is 5.69 Å². The molecule has 1 aliphatic carbocycles. The first-order valence-corrected chi connectivity index (χ1v) is 5.48. The molecular formula is C12H15N3. The molecule has 3 heteroatoms. The minimum absolute atomic E-state index is 0.981. The zero-order valence-electron chi connectivity index (χ0n) is 8.64. The molecule has 1 heterocycles. The number of benzene rings is 1. The number of hydrogen-bond donors (Lipinski definition) is 3. The topological polar surface area (TPSA) is 53.8 Å². The number of fused-ring (bicyclic) bond motifs is 3. The van der Waals surface area contributed by atoms with Crippen LogP contribution in [0.4, 0.5) is 5.69 Å². The van der Waals surface area contributed by atoms with Crippen LogP contribution in [0.2, 0.25) is 0 Å². The van der Waals surface area contributed by atoms with Crippen LogP contribution in [0.25, 0.3) is 10.9 Å². The maximum atomic E-state index is 5.43. The summed E-state index contributed by atoms with van der Waals surface area (Å²) in [6.45, 7) is 0. The zero-order valence-corrected chi connectivity index (χ0v) is 8.64. The van der Waals surface area contributed by atoms with Crippen molar-refractivity contribution in [2.75, 3.05) is 5.43 Å². The molecule has 0 radical (unpaired) electrons. The molecule has 3 nitrogen and oxygen atoms in total. The number of hydrogen-bond acceptors (Lipinski definition) is 2. The Kier molecular flexibility index (Phi) is 1.92. The molecular weight excluding hydrogens is 186 g/mol. The van der Waals surface area contributed by atoms with Crippen LogP contribution in [0.15, 0.2) is 18.2 Å². The summed E-state index contributed by atoms with van der Waals surface area (Å²) in [5.41, 5.74) is 7.84. The Labute approximate surface area is 88.6 Å². The van der Waals surface area contributed by atoms with Crippen LogP contribution in [-0.2, 0) is 12.8 Å². The average Bonchev–Trinajstić information content (AvgIpc) is 2.66. The number of hydrazine groups is 1. The lowest BCUT2D eigenvalue weighted by atomic mass is 9.95. The number of aromatic amines is 1. The number of nitrogens with two attached hydrogens (primary N) is 1. The molecule has 78 valence electrons. The molecule has 0 saturated carbocycles. The molecule has 0 saturated heterocycles. The second-order valence-electron chi connectivity index (χ2n) is 4.19. The van der Waals surface area contributed by atoms with Crippen molar-refractivity contribution in [1.82, 2.24) is 4.98 Å². The lowest BCUT2D eigenvalue weighted by molar-refractivity contribution is 0.680. The third-order valence-corrected chi connectivity index (χ3v) is 3.26. The van der Waals surface area contributed by atoms with Gasteiger partial charge in [0.1, 0.15) is 0 Å². The smallest absolute Gasteiger partial charge is 0.0492 e. The molecule has 0 aliphatic heterocycles. The Morgan fingerprint density at radius 1 is 1.20 bits per heavy atom. The molecule has 2 aromatic rings. The summed E-state index contributed by atoms with van der Waals surface area (Å²) < 4.78 is 0. The molecule has 0 fully saturated rings. The van der Waals surface area contributed by atoms with Crippen LogP contribution in [0.3, 0.4) is 0 Å². The number of anilines is 1. The van der Waals surface area contributed by atoms with Crippen molar-refractivity contribution in [2.24, 2.45) is 5.84 Å². The predicted molar refractivity (Wildman–Crippen MR) is 62.8 cm³/mol. The highest BCUT2D eigenvalue weighted by Crippen LogP contribution is 2.30. The zero-order chi connectivity index (χ0) is 10.3. The highest BCUT2D eigenvalue weighted by Gasteiger charge is 2.14. The summed E-state index contributed by atoms with van der Waals surface area (Å²) in [7, 11) is 0. The van der Waals surface area contributed by atoms with E-state index < -0.39 is 0 Å². The van der Waals surface area contributed by atoms with Crippen molar-refractivity contribution in [3.05, 3.63) is 29.5 Å². The van der Waals surface area contributed by atoms with Crippen molar-refractivity contribution >= 4 is 16.6 Å². The SMILES string of the molecule is NNc1ccc2[nH]c3c(c2c1)CCCC3. The van der Waals surface area contributed by atoms with E-state index in [1.54, 1.807) is 0 Å². The first-order chi connectivity index (χ1) is 7.38. The van der Waals surface area contributed by atoms with Crippen molar-refractivity contribution in [1.29, 1.82) is 0 Å². The molecule has 0 bridgehead atoms. The van der Waals surface area contributed by atoms with Gasteiger partial charge in [0.25, 0.3) is 0 Å². The number of nitrogen functional groups attached to an aromatic ring is 1. The summed E-state index contributed by atoms with van der Waals surface area (Å²) in [6.07, 6.45) is 5.00. The summed E-state index contributed by atoms with van der Waals surface area (Å²) in [4.78, 5) is 3.50. The van der Waals surface area contributed by atoms with E-state index in [4.69, 9.17) is 5.84 Å². The van der Waals surface area contributed by atoms with Gasteiger partial charge in [0, 0.05) is 22.3 Å². The number of aryl methyl sites for hydroxylation is 2. The van der Waals surface area contributed by atoms with Crippen molar-refractivity contribution in [3.63, 3.8) is 0 Å². The van der Waals surface area contributed by atoms with Crippen LogP contribution >= 0.6 is 0 Å². The Balaban J connectivity index is 2.24. The number of H-pyrrole nitrogens is 1. The second kappa shape index (κ2) is 3.28. The number of aromatic nitrogens is 1. The lowest BCUT2D eigenvalue weighted by Gasteiger charge is -2.10. The largest absolute Gasteiger partial charge is 0.358 e. The third kappa shape index (κ3) is 1.31. The quantitative estimate of drug-likeness (QED) is 0.490. The Hall–Kier alpha value is -1.48. The monoisotopic (exact) mass is 201 g/mol. The fourth-order valence-electron chi connectivity index (χ4n) is 2.50. The maximum absolute atomic E-state index is 5.43. The highest BCUT2D eigenvalue weighted by molar-refractivity contribution is 5.87. The summed E-state index contributed by atoms with van der Waals surface area (Å²) in [6, 6.07) is 6.24. The number of nitrogens with one attached hydrogen (secondary N) is 2. The molecule has 0 amide bonds. The summed E-state index contributed by atoms with van der Waals surface area (Å²) in [5.74, 6) is 5.43. The van der Waals surface area contributed by atoms with Gasteiger partial charge in [-0.05, 0) is 49.4 Å². The van der Waals surface area contributed by atoms with E-state index in [2.05, 4.69) is 22.5 Å². The molecule has 4 N–H and O–H groups in total. The van der Waals surface area contributed by atoms with Gasteiger partial charge in [-0.15, -0.1) is 0 Å². The average molecular weight is 201 g/mol. The summed E-state index contributed by atoms with van der Waals surface area (Å²) in [5, 5.41) is 1.33. The van der Waals surface area contributed by atoms with Crippen LogP contribution in [-0.4, -0.2) is 4.98 Å². The van der Waals surface area contributed by atoms with Crippen molar-refractivity contribution in [3.8, 4) is 0 Å². The predicted octanol–water partition coefficient (Wildman–Crippen LogP) is 2.33. The molecule has 1 aliphatic rings. The van der Waals surface area contributed by atoms with Gasteiger partial charge in [0.2, 0.25) is 0 Å². The van der Waals surface area contributed by atoms with Gasteiger partial charge in [0.05, 0.1) is 0 Å². The minimum Gasteiger partial charge on any atom is -0.358 e. The van der Waals surface area contributed by atoms with Crippen LogP contribution in [0, 0.1) is 0 Å². The van der Waals surface area contributed by atoms with Crippen LogP contribution in [0.1, 0.15) is 24.1 Å². The fraction of sp³-hybridized carbons (Fsp3) is 0.333. The molecule has 1 aromatic carbocycles. The Morgan fingerprint density at radius 3 is 2.93 bits per heavy atom. The Morgan fingerprint density at radius 2 is 2.07 bits per heavy atom. The van der Waals surface area contributed by atoms with Crippen molar-refractivity contribution in [2.45, 2.75) is 25.7 Å². The van der Waals surface area contributed by atoms with Gasteiger partial charge in [-0.2, -0.15) is 0 Å². The van der Waals surface area contributed by atoms with Crippen molar-refractivity contribution < 1.29 is 0 Å². The van der Waals surface area contributed by atoms with Crippen LogP contribution in [0.5, 0.6) is 0 Å². The van der Waals surface area contributed by atoms with E-state index in [-0.39, 0.29) is 0 Å². The van der Waals surface area contributed by atoms with E-state index in [0.29, 0.717) is 0 Å². The number of rotatable bonds is 1. The Bertz CT molecular complexity index is 499. The molecule has 3 rings (SSSR count). The van der Waals surface area contributed by atoms with Gasteiger partial charge in [0.15, 0.2) is 0 Å². The second-order valence-corrected chi connectivity index (χ2v) is 4.19. The third-order valence-electron chi connectivity index (χ3n) is 3.26. The molecule has 1 aromatic heterocycles. The maximum Gasteiger partial charge on any atom is 0.0492 e. The summed E-state index contributed by atoms with van der Waals surface area (Å²) >= 11 is 0. The van der Waals surface area contributed by atoms with Gasteiger partial charge in [-0.25, -0.2) is 0 Å². The van der Waals surface area contributed by atoms with Gasteiger partial charge in [-0.3, -0.25) is 5.84 Å². The van der Waals surface area contributed by atoms with Gasteiger partial charge in [-0.1, -0.05) is 0 Å². The van der Waals surface area contributed by atoms with E-state index in [1.807, 2.05) is 6.07 Å². The first kappa shape index (κ1) is 8.80. The molecule has 0 unspecified atom stereocenters. The molecule has 0 spiro atoms. The molecule has 0 atom stereocenters. The highest BCUT2D eigenvalue weighted by atomic mass is 15.2. The van der Waals surface area contributed by atoms with E-state index in [1.165, 1.54) is 47.8 Å². The minimum atomic E-state index is 0.981. The first-order valence-electron chi connectivity index (χ1n) is 5.48. The van der Waals surface area contributed by atoms with Gasteiger partial charge < -0.3 is 10.4 Å². The van der Waals surface area contributed by atoms with Crippen LogP contribution < -0.4 is 11.3 Å². The molecule has 15 heavy (non-hydrogen) atoms. The lowest BCUT2D eigenvalue weighted by Crippen LogP contribution is -2.06. The van der Waals surface area contributed by atoms with Gasteiger partial charge >= 0.3 is 0 Å². The van der Waals surface area contributed by atoms with E-state index in [9.17, 15) is 0 Å². The fourth-order valence-corrected chi connectivity index (χ4v) is 2.50.